The minimum absolute atomic E-state index is 0.297. The van der Waals surface area contributed by atoms with E-state index in [2.05, 4.69) is 10.0 Å². The number of azide groups is 1. The van der Waals surface area contributed by atoms with Crippen molar-refractivity contribution in [2.75, 3.05) is 7.11 Å². The first kappa shape index (κ1) is 13.8. The van der Waals surface area contributed by atoms with Crippen molar-refractivity contribution in [3.05, 3.63) is 70.1 Å². The Morgan fingerprint density at radius 1 is 1.05 bits per heavy atom. The molecule has 20 heavy (non-hydrogen) atoms. The van der Waals surface area contributed by atoms with Crippen LogP contribution in [-0.4, -0.2) is 7.11 Å². The fourth-order valence-corrected chi connectivity index (χ4v) is 1.78. The zero-order valence-corrected chi connectivity index (χ0v) is 11.2. The maximum absolute atomic E-state index is 8.32. The van der Waals surface area contributed by atoms with Crippen LogP contribution in [0.3, 0.4) is 0 Å². The number of methoxy groups -OCH3 is 1. The summed E-state index contributed by atoms with van der Waals surface area (Å²) in [7, 11) is 1.59. The molecular weight excluding hydrogens is 254 g/mol. The van der Waals surface area contributed by atoms with E-state index in [9.17, 15) is 0 Å². The number of rotatable bonds is 6. The normalized spacial score (nSPS) is 9.65. The maximum Gasteiger partial charge on any atom is 0.161 e. The van der Waals surface area contributed by atoms with Crippen LogP contribution in [0.5, 0.6) is 11.5 Å². The highest BCUT2D eigenvalue weighted by atomic mass is 16.5. The third-order valence-electron chi connectivity index (χ3n) is 2.78. The van der Waals surface area contributed by atoms with Crippen LogP contribution in [0.4, 0.5) is 0 Å². The van der Waals surface area contributed by atoms with E-state index < -0.39 is 0 Å². The van der Waals surface area contributed by atoms with Crippen LogP contribution in [-0.2, 0) is 13.2 Å². The molecule has 5 heteroatoms. The minimum atomic E-state index is 0.297. The SMILES string of the molecule is COc1cc(CN=[N+]=[N-])ccc1OCc1ccccc1. The first-order chi connectivity index (χ1) is 9.83. The Bertz CT molecular complexity index is 608. The van der Waals surface area contributed by atoms with E-state index in [4.69, 9.17) is 15.0 Å². The van der Waals surface area contributed by atoms with Crippen LogP contribution in [0.1, 0.15) is 11.1 Å². The van der Waals surface area contributed by atoms with Crippen molar-refractivity contribution in [3.8, 4) is 11.5 Å². The number of benzene rings is 2. The van der Waals surface area contributed by atoms with Crippen molar-refractivity contribution in [1.82, 2.24) is 0 Å². The molecule has 0 aromatic heterocycles. The Morgan fingerprint density at radius 3 is 2.55 bits per heavy atom. The van der Waals surface area contributed by atoms with Crippen LogP contribution in [0.15, 0.2) is 53.6 Å². The highest BCUT2D eigenvalue weighted by molar-refractivity contribution is 5.43. The first-order valence-corrected chi connectivity index (χ1v) is 6.18. The van der Waals surface area contributed by atoms with Crippen molar-refractivity contribution in [2.45, 2.75) is 13.2 Å². The zero-order valence-electron chi connectivity index (χ0n) is 11.2. The molecular formula is C15H15N3O2. The Labute approximate surface area is 117 Å². The summed E-state index contributed by atoms with van der Waals surface area (Å²) in [4.78, 5) is 2.74. The highest BCUT2D eigenvalue weighted by Gasteiger charge is 2.05. The molecule has 0 bridgehead atoms. The van der Waals surface area contributed by atoms with E-state index >= 15 is 0 Å². The van der Waals surface area contributed by atoms with Gasteiger partial charge in [0.25, 0.3) is 0 Å². The fourth-order valence-electron chi connectivity index (χ4n) is 1.78. The van der Waals surface area contributed by atoms with Gasteiger partial charge in [-0.1, -0.05) is 41.5 Å². The number of ether oxygens (including phenoxy) is 2. The molecule has 0 unspecified atom stereocenters. The van der Waals surface area contributed by atoms with Crippen molar-refractivity contribution < 1.29 is 9.47 Å². The highest BCUT2D eigenvalue weighted by Crippen LogP contribution is 2.29. The predicted octanol–water partition coefficient (Wildman–Crippen LogP) is 4.08. The van der Waals surface area contributed by atoms with Crippen LogP contribution in [0.2, 0.25) is 0 Å². The second-order valence-corrected chi connectivity index (χ2v) is 4.15. The van der Waals surface area contributed by atoms with Gasteiger partial charge in [-0.05, 0) is 28.8 Å². The molecule has 0 amide bonds. The molecule has 0 aliphatic heterocycles. The number of nitrogens with zero attached hydrogens (tertiary/aromatic N) is 3. The van der Waals surface area contributed by atoms with Crippen LogP contribution in [0.25, 0.3) is 10.4 Å². The van der Waals surface area contributed by atoms with Crippen LogP contribution in [0, 0.1) is 0 Å². The van der Waals surface area contributed by atoms with Crippen molar-refractivity contribution in [1.29, 1.82) is 0 Å². The summed E-state index contributed by atoms with van der Waals surface area (Å²) < 4.78 is 11.0. The number of hydrogen-bond acceptors (Lipinski definition) is 3. The van der Waals surface area contributed by atoms with Gasteiger partial charge in [0.2, 0.25) is 0 Å². The minimum Gasteiger partial charge on any atom is -0.493 e. The van der Waals surface area contributed by atoms with E-state index in [-0.39, 0.29) is 0 Å². The fraction of sp³-hybridized carbons (Fsp3) is 0.200. The van der Waals surface area contributed by atoms with Crippen molar-refractivity contribution in [3.63, 3.8) is 0 Å². The van der Waals surface area contributed by atoms with E-state index in [0.29, 0.717) is 24.7 Å². The number of hydrogen-bond donors (Lipinski definition) is 0. The Morgan fingerprint density at radius 2 is 1.85 bits per heavy atom. The Kier molecular flexibility index (Phi) is 4.87. The average molecular weight is 269 g/mol. The zero-order chi connectivity index (χ0) is 14.2. The smallest absolute Gasteiger partial charge is 0.161 e. The lowest BCUT2D eigenvalue weighted by atomic mass is 10.2. The van der Waals surface area contributed by atoms with E-state index in [1.54, 1.807) is 7.11 Å². The summed E-state index contributed by atoms with van der Waals surface area (Å²) in [6.07, 6.45) is 0. The van der Waals surface area contributed by atoms with Crippen molar-refractivity contribution in [2.24, 2.45) is 5.11 Å². The monoisotopic (exact) mass is 269 g/mol. The lowest BCUT2D eigenvalue weighted by Gasteiger charge is -2.11. The van der Waals surface area contributed by atoms with E-state index in [0.717, 1.165) is 11.1 Å². The van der Waals surface area contributed by atoms with Gasteiger partial charge in [0.05, 0.1) is 13.7 Å². The molecule has 0 aliphatic carbocycles. The molecule has 0 saturated heterocycles. The second kappa shape index (κ2) is 7.07. The Balaban J connectivity index is 2.09. The van der Waals surface area contributed by atoms with E-state index in [1.165, 1.54) is 0 Å². The van der Waals surface area contributed by atoms with Gasteiger partial charge in [-0.3, -0.25) is 0 Å². The Hall–Kier alpha value is -2.65. The molecule has 0 spiro atoms. The van der Waals surface area contributed by atoms with Gasteiger partial charge in [0.1, 0.15) is 6.61 Å². The molecule has 0 heterocycles. The molecule has 0 radical (unpaired) electrons. The largest absolute Gasteiger partial charge is 0.493 e. The van der Waals surface area contributed by atoms with Gasteiger partial charge in [-0.15, -0.1) is 0 Å². The van der Waals surface area contributed by atoms with Gasteiger partial charge in [0, 0.05) is 4.91 Å². The van der Waals surface area contributed by atoms with Gasteiger partial charge in [-0.25, -0.2) is 0 Å². The van der Waals surface area contributed by atoms with Gasteiger partial charge >= 0.3 is 0 Å². The van der Waals surface area contributed by atoms with Gasteiger partial charge < -0.3 is 9.47 Å². The molecule has 0 fully saturated rings. The molecule has 2 aromatic carbocycles. The molecule has 5 nitrogen and oxygen atoms in total. The third-order valence-corrected chi connectivity index (χ3v) is 2.78. The topological polar surface area (TPSA) is 67.2 Å². The summed E-state index contributed by atoms with van der Waals surface area (Å²) in [6.45, 7) is 0.777. The summed E-state index contributed by atoms with van der Waals surface area (Å²) in [5.74, 6) is 1.30. The molecule has 0 saturated carbocycles. The first-order valence-electron chi connectivity index (χ1n) is 6.18. The summed E-state index contributed by atoms with van der Waals surface area (Å²) in [6, 6.07) is 15.4. The summed E-state index contributed by atoms with van der Waals surface area (Å²) in [5, 5.41) is 3.52. The maximum atomic E-state index is 8.32. The molecule has 2 aromatic rings. The summed E-state index contributed by atoms with van der Waals surface area (Å²) >= 11 is 0. The quantitative estimate of drug-likeness (QED) is 0.450. The lowest BCUT2D eigenvalue weighted by Crippen LogP contribution is -1.98. The average Bonchev–Trinajstić information content (AvgIpc) is 2.52. The van der Waals surface area contributed by atoms with Crippen LogP contribution < -0.4 is 9.47 Å². The third kappa shape index (κ3) is 3.67. The molecule has 0 atom stereocenters. The molecule has 0 N–H and O–H groups in total. The molecule has 0 aliphatic rings. The predicted molar refractivity (Wildman–Crippen MR) is 76.6 cm³/mol. The molecule has 102 valence electrons. The van der Waals surface area contributed by atoms with Gasteiger partial charge in [0.15, 0.2) is 11.5 Å². The van der Waals surface area contributed by atoms with Gasteiger partial charge in [-0.2, -0.15) is 0 Å². The standard InChI is InChI=1S/C15H15N3O2/c1-19-15-9-13(10-17-18-16)7-8-14(15)20-11-12-5-3-2-4-6-12/h2-9H,10-11H2,1H3. The lowest BCUT2D eigenvalue weighted by molar-refractivity contribution is 0.284. The van der Waals surface area contributed by atoms with Crippen LogP contribution >= 0.6 is 0 Å². The summed E-state index contributed by atoms with van der Waals surface area (Å²) in [5.41, 5.74) is 10.3. The molecule has 2 rings (SSSR count). The van der Waals surface area contributed by atoms with Crippen molar-refractivity contribution >= 4 is 0 Å². The second-order valence-electron chi connectivity index (χ2n) is 4.15. The van der Waals surface area contributed by atoms with E-state index in [1.807, 2.05) is 48.5 Å².